The van der Waals surface area contributed by atoms with E-state index in [1.54, 1.807) is 6.20 Å². The topological polar surface area (TPSA) is 45.2 Å². The highest BCUT2D eigenvalue weighted by molar-refractivity contribution is 5.93. The molecule has 7 rings (SSSR count). The van der Waals surface area contributed by atoms with Crippen molar-refractivity contribution in [3.05, 3.63) is 52.5 Å². The van der Waals surface area contributed by atoms with E-state index in [0.717, 1.165) is 61.4 Å². The van der Waals surface area contributed by atoms with Crippen molar-refractivity contribution in [1.29, 1.82) is 0 Å². The van der Waals surface area contributed by atoms with Gasteiger partial charge in [0.25, 0.3) is 0 Å². The number of anilines is 1. The molecular formula is C34H42F3N5. The van der Waals surface area contributed by atoms with E-state index in [1.165, 1.54) is 19.3 Å². The van der Waals surface area contributed by atoms with Crippen LogP contribution < -0.4 is 4.90 Å². The minimum atomic E-state index is -0.518. The van der Waals surface area contributed by atoms with Gasteiger partial charge < -0.3 is 4.90 Å². The molecule has 8 heteroatoms. The molecule has 4 aliphatic rings. The van der Waals surface area contributed by atoms with Crippen LogP contribution in [0.25, 0.3) is 27.7 Å². The number of aryl methyl sites for hydroxylation is 3. The van der Waals surface area contributed by atoms with E-state index in [1.807, 2.05) is 26.8 Å². The number of aromatic nitrogens is 3. The molecule has 3 saturated heterocycles. The smallest absolute Gasteiger partial charge is 0.175 e. The summed E-state index contributed by atoms with van der Waals surface area (Å²) < 4.78 is 43.5. The maximum atomic E-state index is 16.2. The molecule has 42 heavy (non-hydrogen) atoms. The number of nitrogens with zero attached hydrogens (tertiary/aromatic N) is 5. The Hall–Kier alpha value is -3.00. The third-order valence-corrected chi connectivity index (χ3v) is 9.36. The number of piperidine rings is 1. The summed E-state index contributed by atoms with van der Waals surface area (Å²) in [4.78, 5) is 18.5. The normalized spacial score (nSPS) is 22.3. The average Bonchev–Trinajstić information content (AvgIpc) is 3.58. The zero-order valence-electron chi connectivity index (χ0n) is 25.2. The lowest BCUT2D eigenvalue weighted by Gasteiger charge is -2.29. The zero-order chi connectivity index (χ0) is 29.4. The van der Waals surface area contributed by atoms with Gasteiger partial charge in [-0.2, -0.15) is 0 Å². The van der Waals surface area contributed by atoms with Gasteiger partial charge in [0.1, 0.15) is 34.9 Å². The van der Waals surface area contributed by atoms with E-state index in [4.69, 9.17) is 4.98 Å². The van der Waals surface area contributed by atoms with Crippen LogP contribution in [-0.2, 0) is 12.8 Å². The lowest BCUT2D eigenvalue weighted by molar-refractivity contribution is 0.292. The van der Waals surface area contributed by atoms with Gasteiger partial charge in [0.05, 0.1) is 5.39 Å². The minimum absolute atomic E-state index is 0.0979. The summed E-state index contributed by atoms with van der Waals surface area (Å²) in [6, 6.07) is 4.63. The summed E-state index contributed by atoms with van der Waals surface area (Å²) in [6.07, 6.45) is 10.1. The molecule has 0 radical (unpaired) electrons. The first kappa shape index (κ1) is 29.1. The van der Waals surface area contributed by atoms with Crippen LogP contribution in [0.15, 0.2) is 24.2 Å². The van der Waals surface area contributed by atoms with Crippen LogP contribution in [0.4, 0.5) is 19.0 Å². The number of benzene rings is 1. The maximum absolute atomic E-state index is 16.2. The van der Waals surface area contributed by atoms with Crippen LogP contribution in [0.3, 0.4) is 0 Å². The molecule has 5 heterocycles. The van der Waals surface area contributed by atoms with Gasteiger partial charge in [0.15, 0.2) is 5.82 Å². The molecule has 1 aromatic carbocycles. The van der Waals surface area contributed by atoms with Crippen LogP contribution >= 0.6 is 0 Å². The first-order valence-electron chi connectivity index (χ1n) is 15.9. The number of hydrogen-bond donors (Lipinski definition) is 0. The van der Waals surface area contributed by atoms with Crippen LogP contribution in [0.5, 0.6) is 0 Å². The minimum Gasteiger partial charge on any atom is -0.356 e. The standard InChI is InChI=1S/C27H30F2N4.C7H12FN/c1-4-18-21(28)10-9-17-13-16(3)14-19(23(17)18)25-24(29)26-20(15-30-25)27(32-22(5-2)31-26)33-11-7-6-8-12-33;8-6-4-7-2-1-3-9(7)5-6/h13-15H,4-12H2,1-3H3;6-7H,1-5H2. The second-order valence-electron chi connectivity index (χ2n) is 12.3. The first-order valence-corrected chi connectivity index (χ1v) is 15.9. The van der Waals surface area contributed by atoms with Crippen LogP contribution in [0, 0.1) is 12.7 Å². The Labute approximate surface area is 247 Å². The van der Waals surface area contributed by atoms with Gasteiger partial charge in [-0.1, -0.05) is 25.5 Å². The fraction of sp³-hybridized carbons (Fsp3) is 0.559. The van der Waals surface area contributed by atoms with Crippen molar-refractivity contribution in [2.45, 2.75) is 97.2 Å². The third kappa shape index (κ3) is 5.54. The SMILES string of the molecule is CCC1=C(F)CCc2cc(C)cc(-c3ncc4c(N5CCCCC5)nc(CC)nc4c3F)c21.FC1CC2CCCN2C1. The molecule has 2 atom stereocenters. The van der Waals surface area contributed by atoms with Crippen LogP contribution in [0.1, 0.15) is 87.7 Å². The van der Waals surface area contributed by atoms with Crippen molar-refractivity contribution in [2.75, 3.05) is 31.1 Å². The van der Waals surface area contributed by atoms with Gasteiger partial charge in [0.2, 0.25) is 0 Å². The van der Waals surface area contributed by atoms with Crippen molar-refractivity contribution in [3.8, 4) is 11.3 Å². The molecule has 0 N–H and O–H groups in total. The summed E-state index contributed by atoms with van der Waals surface area (Å²) in [7, 11) is 0. The molecule has 1 aliphatic carbocycles. The Balaban J connectivity index is 0.000000296. The molecule has 5 nitrogen and oxygen atoms in total. The Morgan fingerprint density at radius 1 is 0.952 bits per heavy atom. The van der Waals surface area contributed by atoms with E-state index < -0.39 is 12.0 Å². The number of hydrogen-bond acceptors (Lipinski definition) is 5. The second-order valence-corrected chi connectivity index (χ2v) is 12.3. The number of alkyl halides is 1. The Morgan fingerprint density at radius 2 is 1.76 bits per heavy atom. The van der Waals surface area contributed by atoms with Crippen molar-refractivity contribution in [3.63, 3.8) is 0 Å². The van der Waals surface area contributed by atoms with E-state index in [0.29, 0.717) is 66.1 Å². The molecule has 3 aliphatic heterocycles. The summed E-state index contributed by atoms with van der Waals surface area (Å²) in [5, 5.41) is 0.648. The fourth-order valence-corrected chi connectivity index (χ4v) is 7.31. The molecule has 3 aromatic rings. The summed E-state index contributed by atoms with van der Waals surface area (Å²) >= 11 is 0. The van der Waals surface area contributed by atoms with Crippen LogP contribution in [0.2, 0.25) is 0 Å². The summed E-state index contributed by atoms with van der Waals surface area (Å²) in [6.45, 7) is 9.61. The Bertz CT molecular complexity index is 1480. The van der Waals surface area contributed by atoms with Gasteiger partial charge in [-0.3, -0.25) is 9.88 Å². The third-order valence-electron chi connectivity index (χ3n) is 9.36. The fourth-order valence-electron chi connectivity index (χ4n) is 7.31. The highest BCUT2D eigenvalue weighted by Gasteiger charge is 2.34. The lowest BCUT2D eigenvalue weighted by Crippen LogP contribution is -2.30. The number of rotatable bonds is 4. The predicted molar refractivity (Wildman–Crippen MR) is 164 cm³/mol. The summed E-state index contributed by atoms with van der Waals surface area (Å²) in [5.41, 5.74) is 4.77. The number of fused-ring (bicyclic) bond motifs is 3. The molecule has 0 spiro atoms. The van der Waals surface area contributed by atoms with Crippen LogP contribution in [-0.4, -0.2) is 58.2 Å². The molecule has 0 saturated carbocycles. The van der Waals surface area contributed by atoms with Gasteiger partial charge in [-0.25, -0.2) is 23.1 Å². The molecule has 0 bridgehead atoms. The molecule has 2 unspecified atom stereocenters. The van der Waals surface area contributed by atoms with E-state index in [2.05, 4.69) is 25.8 Å². The first-order chi connectivity index (χ1) is 20.4. The predicted octanol–water partition coefficient (Wildman–Crippen LogP) is 7.92. The molecule has 3 fully saturated rings. The average molecular weight is 578 g/mol. The maximum Gasteiger partial charge on any atom is 0.175 e. The van der Waals surface area contributed by atoms with Gasteiger partial charge >= 0.3 is 0 Å². The zero-order valence-corrected chi connectivity index (χ0v) is 25.2. The van der Waals surface area contributed by atoms with Crippen molar-refractivity contribution >= 4 is 22.3 Å². The number of allylic oxidation sites excluding steroid dienone is 2. The number of pyridine rings is 1. The molecule has 224 valence electrons. The Morgan fingerprint density at radius 3 is 2.50 bits per heavy atom. The quantitative estimate of drug-likeness (QED) is 0.315. The van der Waals surface area contributed by atoms with E-state index in [9.17, 15) is 8.78 Å². The molecule has 2 aromatic heterocycles. The number of halogens is 3. The van der Waals surface area contributed by atoms with Gasteiger partial charge in [-0.15, -0.1) is 0 Å². The van der Waals surface area contributed by atoms with Crippen molar-refractivity contribution in [1.82, 2.24) is 19.9 Å². The van der Waals surface area contributed by atoms with Crippen molar-refractivity contribution in [2.24, 2.45) is 0 Å². The highest BCUT2D eigenvalue weighted by Crippen LogP contribution is 2.42. The largest absolute Gasteiger partial charge is 0.356 e. The highest BCUT2D eigenvalue weighted by atomic mass is 19.1. The molecule has 0 amide bonds. The lowest BCUT2D eigenvalue weighted by atomic mass is 9.83. The van der Waals surface area contributed by atoms with Gasteiger partial charge in [-0.05, 0) is 87.6 Å². The van der Waals surface area contributed by atoms with E-state index >= 15 is 4.39 Å². The Kier molecular flexibility index (Phi) is 8.53. The van der Waals surface area contributed by atoms with E-state index in [-0.39, 0.29) is 11.5 Å². The van der Waals surface area contributed by atoms with Gasteiger partial charge in [0, 0.05) is 50.3 Å². The molecular weight excluding hydrogens is 535 g/mol. The van der Waals surface area contributed by atoms with Crippen molar-refractivity contribution < 1.29 is 13.2 Å². The monoisotopic (exact) mass is 577 g/mol. The second kappa shape index (κ2) is 12.3. The summed E-state index contributed by atoms with van der Waals surface area (Å²) in [5.74, 6) is 0.864.